The molecule has 1 aromatic rings. The second-order valence-electron chi connectivity index (χ2n) is 3.97. The molecule has 1 unspecified atom stereocenters. The Kier molecular flexibility index (Phi) is 5.86. The van der Waals surface area contributed by atoms with E-state index in [1.54, 1.807) is 18.7 Å². The molecule has 0 radical (unpaired) electrons. The summed E-state index contributed by atoms with van der Waals surface area (Å²) in [7, 11) is 0. The molecule has 0 N–H and O–H groups in total. The van der Waals surface area contributed by atoms with E-state index in [0.717, 1.165) is 4.57 Å². The fourth-order valence-electron chi connectivity index (χ4n) is 1.54. The van der Waals surface area contributed by atoms with E-state index in [-0.39, 0.29) is 22.8 Å². The van der Waals surface area contributed by atoms with Crippen molar-refractivity contribution in [3.8, 4) is 0 Å². The third kappa shape index (κ3) is 3.97. The number of nitrogens with zero attached hydrogens (tertiary/aromatic N) is 2. The molecule has 0 amide bonds. The van der Waals surface area contributed by atoms with E-state index in [2.05, 4.69) is 15.9 Å². The van der Waals surface area contributed by atoms with Crippen LogP contribution in [0.4, 0.5) is 0 Å². The van der Waals surface area contributed by atoms with E-state index in [1.165, 1.54) is 17.7 Å². The normalized spacial score (nSPS) is 12.2. The summed E-state index contributed by atoms with van der Waals surface area (Å²) >= 11 is 4.66. The minimum absolute atomic E-state index is 0.209. The van der Waals surface area contributed by atoms with E-state index in [4.69, 9.17) is 4.74 Å². The van der Waals surface area contributed by atoms with Gasteiger partial charge in [0.05, 0.1) is 4.47 Å². The maximum Gasteiger partial charge on any atom is 0.334 e. The molecule has 0 aromatic carbocycles. The second-order valence-corrected chi connectivity index (χ2v) is 5.74. The van der Waals surface area contributed by atoms with Crippen molar-refractivity contribution in [2.75, 3.05) is 12.0 Å². The van der Waals surface area contributed by atoms with Crippen molar-refractivity contribution >= 4 is 33.7 Å². The first-order valence-electron chi connectivity index (χ1n) is 5.52. The average Bonchev–Trinajstić information content (AvgIpc) is 2.32. The Balaban J connectivity index is 3.26. The fourth-order valence-corrected chi connectivity index (χ4v) is 2.61. The molecule has 6 nitrogen and oxygen atoms in total. The topological polar surface area (TPSA) is 70.3 Å². The van der Waals surface area contributed by atoms with Crippen LogP contribution in [0.3, 0.4) is 0 Å². The largest absolute Gasteiger partial charge is 0.444 e. The lowest BCUT2D eigenvalue weighted by atomic mass is 10.4. The van der Waals surface area contributed by atoms with Gasteiger partial charge in [-0.15, -0.1) is 0 Å². The third-order valence-electron chi connectivity index (χ3n) is 2.40. The van der Waals surface area contributed by atoms with Crippen LogP contribution in [0, 0.1) is 0 Å². The van der Waals surface area contributed by atoms with E-state index in [1.807, 2.05) is 6.26 Å². The Morgan fingerprint density at radius 3 is 2.68 bits per heavy atom. The molecule has 1 aromatic heterocycles. The number of carbonyl (C=O) groups excluding carboxylic acids is 1. The molecule has 0 saturated heterocycles. The van der Waals surface area contributed by atoms with Crippen LogP contribution < -0.4 is 11.2 Å². The first-order valence-corrected chi connectivity index (χ1v) is 7.71. The van der Waals surface area contributed by atoms with Gasteiger partial charge in [0, 0.05) is 24.9 Å². The summed E-state index contributed by atoms with van der Waals surface area (Å²) in [6, 6.07) is -0.240. The minimum atomic E-state index is -0.490. The highest BCUT2D eigenvalue weighted by Gasteiger charge is 2.15. The first kappa shape index (κ1) is 16.0. The quantitative estimate of drug-likeness (QED) is 0.746. The van der Waals surface area contributed by atoms with Crippen LogP contribution in [0.25, 0.3) is 0 Å². The van der Waals surface area contributed by atoms with Gasteiger partial charge in [-0.05, 0) is 29.1 Å². The molecule has 8 heteroatoms. The molecule has 0 aliphatic carbocycles. The third-order valence-corrected chi connectivity index (χ3v) is 3.76. The van der Waals surface area contributed by atoms with Crippen molar-refractivity contribution in [2.45, 2.75) is 26.6 Å². The van der Waals surface area contributed by atoms with Crippen LogP contribution in [0.1, 0.15) is 19.9 Å². The number of thioether (sulfide) groups is 1. The molecule has 1 rings (SSSR count). The van der Waals surface area contributed by atoms with Gasteiger partial charge in [0.2, 0.25) is 0 Å². The molecule has 0 aliphatic heterocycles. The van der Waals surface area contributed by atoms with Gasteiger partial charge < -0.3 is 4.74 Å². The van der Waals surface area contributed by atoms with Crippen LogP contribution in [0.5, 0.6) is 0 Å². The van der Waals surface area contributed by atoms with Gasteiger partial charge in [0.25, 0.3) is 5.56 Å². The highest BCUT2D eigenvalue weighted by Crippen LogP contribution is 2.09. The van der Waals surface area contributed by atoms with Gasteiger partial charge in [-0.2, -0.15) is 11.8 Å². The zero-order valence-electron chi connectivity index (χ0n) is 10.9. The first-order chi connectivity index (χ1) is 8.88. The van der Waals surface area contributed by atoms with Crippen molar-refractivity contribution in [1.29, 1.82) is 0 Å². The van der Waals surface area contributed by atoms with Crippen molar-refractivity contribution in [3.63, 3.8) is 0 Å². The number of hydrogen-bond donors (Lipinski definition) is 0. The molecule has 0 spiro atoms. The number of aromatic nitrogens is 2. The molecule has 0 fully saturated rings. The summed E-state index contributed by atoms with van der Waals surface area (Å²) < 4.78 is 7.38. The highest BCUT2D eigenvalue weighted by molar-refractivity contribution is 9.10. The SMILES string of the molecule is CSCC(C)n1c(=O)c(Br)cn(COC(C)=O)c1=O. The Bertz CT molecular complexity index is 581. The van der Waals surface area contributed by atoms with Crippen molar-refractivity contribution < 1.29 is 9.53 Å². The Morgan fingerprint density at radius 2 is 2.16 bits per heavy atom. The molecule has 0 saturated carbocycles. The standard InChI is InChI=1S/C11H15BrN2O4S/c1-7(5-19-3)14-10(16)9(12)4-13(11(14)17)6-18-8(2)15/h4,7H,5-6H2,1-3H3. The van der Waals surface area contributed by atoms with Gasteiger partial charge in [0.15, 0.2) is 6.73 Å². The summed E-state index contributed by atoms with van der Waals surface area (Å²) in [4.78, 5) is 34.9. The lowest BCUT2D eigenvalue weighted by Gasteiger charge is -2.15. The van der Waals surface area contributed by atoms with Gasteiger partial charge in [-0.1, -0.05) is 0 Å². The van der Waals surface area contributed by atoms with E-state index in [0.29, 0.717) is 5.75 Å². The predicted molar refractivity (Wildman–Crippen MR) is 77.5 cm³/mol. The maximum atomic E-state index is 12.2. The van der Waals surface area contributed by atoms with E-state index in [9.17, 15) is 14.4 Å². The Morgan fingerprint density at radius 1 is 1.53 bits per heavy atom. The summed E-state index contributed by atoms with van der Waals surface area (Å²) in [5, 5.41) is 0. The van der Waals surface area contributed by atoms with Crippen molar-refractivity contribution in [1.82, 2.24) is 9.13 Å². The van der Waals surface area contributed by atoms with Crippen LogP contribution >= 0.6 is 27.7 Å². The molecule has 106 valence electrons. The van der Waals surface area contributed by atoms with Crippen LogP contribution in [-0.2, 0) is 16.3 Å². The molecular weight excluding hydrogens is 336 g/mol. The van der Waals surface area contributed by atoms with Crippen LogP contribution in [0.2, 0.25) is 0 Å². The summed E-state index contributed by atoms with van der Waals surface area (Å²) in [6.07, 6.45) is 3.23. The predicted octanol–water partition coefficient (Wildman–Crippen LogP) is 1.22. The van der Waals surface area contributed by atoms with Crippen molar-refractivity contribution in [3.05, 3.63) is 31.5 Å². The second kappa shape index (κ2) is 6.95. The number of esters is 1. The highest BCUT2D eigenvalue weighted by atomic mass is 79.9. The number of halogens is 1. The molecule has 0 bridgehead atoms. The van der Waals surface area contributed by atoms with Gasteiger partial charge in [0.1, 0.15) is 0 Å². The molecule has 1 atom stereocenters. The lowest BCUT2D eigenvalue weighted by Crippen LogP contribution is -2.42. The van der Waals surface area contributed by atoms with Gasteiger partial charge in [-0.3, -0.25) is 18.7 Å². The number of hydrogen-bond acceptors (Lipinski definition) is 5. The number of rotatable bonds is 5. The zero-order chi connectivity index (χ0) is 14.6. The molecule has 1 heterocycles. The minimum Gasteiger partial charge on any atom is -0.444 e. The van der Waals surface area contributed by atoms with Crippen molar-refractivity contribution in [2.24, 2.45) is 0 Å². The molecule has 0 aliphatic rings. The molecular formula is C11H15BrN2O4S. The Hall–Kier alpha value is -1.02. The average molecular weight is 351 g/mol. The number of ether oxygens (including phenoxy) is 1. The van der Waals surface area contributed by atoms with Crippen LogP contribution in [-0.4, -0.2) is 27.1 Å². The Labute approximate surface area is 122 Å². The summed E-state index contributed by atoms with van der Waals surface area (Å²) in [6.45, 7) is 2.84. The monoisotopic (exact) mass is 350 g/mol. The maximum absolute atomic E-state index is 12.2. The van der Waals surface area contributed by atoms with E-state index < -0.39 is 11.7 Å². The van der Waals surface area contributed by atoms with Gasteiger partial charge >= 0.3 is 11.7 Å². The fraction of sp³-hybridized carbons (Fsp3) is 0.545. The lowest BCUT2D eigenvalue weighted by molar-refractivity contribution is -0.144. The van der Waals surface area contributed by atoms with Crippen LogP contribution in [0.15, 0.2) is 20.3 Å². The zero-order valence-corrected chi connectivity index (χ0v) is 13.3. The van der Waals surface area contributed by atoms with E-state index >= 15 is 0 Å². The number of carbonyl (C=O) groups is 1. The smallest absolute Gasteiger partial charge is 0.334 e. The van der Waals surface area contributed by atoms with Gasteiger partial charge in [-0.25, -0.2) is 4.79 Å². The molecule has 19 heavy (non-hydrogen) atoms. The summed E-state index contributed by atoms with van der Waals surface area (Å²) in [5.41, 5.74) is -0.873. The summed E-state index contributed by atoms with van der Waals surface area (Å²) in [5.74, 6) is 0.150.